The predicted molar refractivity (Wildman–Crippen MR) is 73.4 cm³/mol. The van der Waals surface area contributed by atoms with E-state index in [2.05, 4.69) is 29.1 Å². The first-order chi connectivity index (χ1) is 8.29. The second kappa shape index (κ2) is 6.72. The van der Waals surface area contributed by atoms with Crippen LogP contribution in [-0.2, 0) is 0 Å². The highest BCUT2D eigenvalue weighted by Gasteiger charge is 2.22. The van der Waals surface area contributed by atoms with Crippen molar-refractivity contribution in [3.8, 4) is 0 Å². The molecule has 3 nitrogen and oxygen atoms in total. The molecule has 2 rings (SSSR count). The molecule has 1 saturated heterocycles. The predicted octanol–water partition coefficient (Wildman–Crippen LogP) is 1.54. The Hall–Kier alpha value is -0.120. The van der Waals surface area contributed by atoms with Gasteiger partial charge in [0.2, 0.25) is 0 Å². The minimum atomic E-state index is 0.781. The molecule has 0 radical (unpaired) electrons. The van der Waals surface area contributed by atoms with Crippen molar-refractivity contribution in [3.63, 3.8) is 0 Å². The van der Waals surface area contributed by atoms with Crippen LogP contribution in [-0.4, -0.2) is 61.7 Å². The van der Waals surface area contributed by atoms with Gasteiger partial charge in [0, 0.05) is 18.6 Å². The molecule has 1 atom stereocenters. The molecule has 2 fully saturated rings. The highest BCUT2D eigenvalue weighted by atomic mass is 15.2. The average Bonchev–Trinajstić information content (AvgIpc) is 3.13. The summed E-state index contributed by atoms with van der Waals surface area (Å²) < 4.78 is 0. The molecule has 0 spiro atoms. The van der Waals surface area contributed by atoms with Gasteiger partial charge in [0.05, 0.1) is 0 Å². The maximum atomic E-state index is 3.62. The van der Waals surface area contributed by atoms with Crippen LogP contribution in [0.25, 0.3) is 0 Å². The largest absolute Gasteiger partial charge is 0.314 e. The Balaban J connectivity index is 1.67. The highest BCUT2D eigenvalue weighted by molar-refractivity contribution is 4.81. The molecule has 100 valence electrons. The molecule has 1 unspecified atom stereocenters. The molecular weight excluding hydrogens is 210 g/mol. The van der Waals surface area contributed by atoms with Crippen LogP contribution in [0.5, 0.6) is 0 Å². The molecular formula is C14H29N3. The first-order valence-corrected chi connectivity index (χ1v) is 7.45. The van der Waals surface area contributed by atoms with Crippen molar-refractivity contribution in [3.05, 3.63) is 0 Å². The van der Waals surface area contributed by atoms with Gasteiger partial charge in [0.1, 0.15) is 0 Å². The van der Waals surface area contributed by atoms with Gasteiger partial charge in [-0.25, -0.2) is 0 Å². The van der Waals surface area contributed by atoms with Gasteiger partial charge < -0.3 is 10.2 Å². The number of likely N-dealkylation sites (N-methyl/N-ethyl adjacent to an activating group) is 1. The van der Waals surface area contributed by atoms with Crippen molar-refractivity contribution < 1.29 is 0 Å². The molecule has 1 heterocycles. The van der Waals surface area contributed by atoms with Gasteiger partial charge in [-0.05, 0) is 65.3 Å². The third-order valence-electron chi connectivity index (χ3n) is 4.13. The third kappa shape index (κ3) is 4.57. The van der Waals surface area contributed by atoms with E-state index in [1.807, 2.05) is 0 Å². The van der Waals surface area contributed by atoms with Crippen LogP contribution in [0.4, 0.5) is 0 Å². The Morgan fingerprint density at radius 2 is 2.06 bits per heavy atom. The van der Waals surface area contributed by atoms with Gasteiger partial charge in [0.15, 0.2) is 0 Å². The number of nitrogens with one attached hydrogen (secondary N) is 1. The van der Waals surface area contributed by atoms with E-state index in [-0.39, 0.29) is 0 Å². The average molecular weight is 239 g/mol. The summed E-state index contributed by atoms with van der Waals surface area (Å²) in [6, 6.07) is 1.65. The third-order valence-corrected chi connectivity index (χ3v) is 4.13. The van der Waals surface area contributed by atoms with E-state index in [1.165, 1.54) is 64.8 Å². The van der Waals surface area contributed by atoms with Crippen LogP contribution in [0.3, 0.4) is 0 Å². The lowest BCUT2D eigenvalue weighted by Crippen LogP contribution is -2.40. The summed E-state index contributed by atoms with van der Waals surface area (Å²) in [4.78, 5) is 5.22. The van der Waals surface area contributed by atoms with Gasteiger partial charge in [-0.3, -0.25) is 4.90 Å². The first kappa shape index (κ1) is 13.3. The minimum Gasteiger partial charge on any atom is -0.314 e. The maximum absolute atomic E-state index is 3.62. The topological polar surface area (TPSA) is 18.5 Å². The lowest BCUT2D eigenvalue weighted by molar-refractivity contribution is 0.181. The fourth-order valence-corrected chi connectivity index (χ4v) is 2.85. The van der Waals surface area contributed by atoms with E-state index < -0.39 is 0 Å². The molecule has 1 aliphatic heterocycles. The Morgan fingerprint density at radius 1 is 1.24 bits per heavy atom. The van der Waals surface area contributed by atoms with Gasteiger partial charge in [-0.15, -0.1) is 0 Å². The summed E-state index contributed by atoms with van der Waals surface area (Å²) in [6.07, 6.45) is 6.76. The van der Waals surface area contributed by atoms with Gasteiger partial charge in [0.25, 0.3) is 0 Å². The van der Waals surface area contributed by atoms with E-state index in [4.69, 9.17) is 0 Å². The summed E-state index contributed by atoms with van der Waals surface area (Å²) in [6.45, 7) is 8.66. The van der Waals surface area contributed by atoms with Crippen LogP contribution in [0, 0.1) is 0 Å². The van der Waals surface area contributed by atoms with Crippen molar-refractivity contribution in [2.75, 3.05) is 39.8 Å². The summed E-state index contributed by atoms with van der Waals surface area (Å²) in [5.74, 6) is 0. The summed E-state index contributed by atoms with van der Waals surface area (Å²) in [5.41, 5.74) is 0. The fraction of sp³-hybridized carbons (Fsp3) is 1.00. The van der Waals surface area contributed by atoms with E-state index in [9.17, 15) is 0 Å². The number of hydrogen-bond donors (Lipinski definition) is 1. The van der Waals surface area contributed by atoms with Crippen LogP contribution >= 0.6 is 0 Å². The Bertz CT molecular complexity index is 216. The van der Waals surface area contributed by atoms with E-state index >= 15 is 0 Å². The molecule has 1 aliphatic carbocycles. The Labute approximate surface area is 107 Å². The van der Waals surface area contributed by atoms with E-state index in [0.717, 1.165) is 12.1 Å². The summed E-state index contributed by atoms with van der Waals surface area (Å²) >= 11 is 0. The maximum Gasteiger partial charge on any atom is 0.0220 e. The molecule has 2 aliphatic rings. The van der Waals surface area contributed by atoms with Gasteiger partial charge in [-0.2, -0.15) is 0 Å². The fourth-order valence-electron chi connectivity index (χ4n) is 2.85. The van der Waals surface area contributed by atoms with Crippen molar-refractivity contribution in [1.82, 2.24) is 15.1 Å². The lowest BCUT2D eigenvalue weighted by Gasteiger charge is -2.30. The Morgan fingerprint density at radius 3 is 2.76 bits per heavy atom. The van der Waals surface area contributed by atoms with Gasteiger partial charge in [-0.1, -0.05) is 6.92 Å². The normalized spacial score (nSPS) is 28.2. The molecule has 0 aromatic heterocycles. The molecule has 0 bridgehead atoms. The van der Waals surface area contributed by atoms with Crippen LogP contribution in [0.1, 0.15) is 39.0 Å². The second-order valence-corrected chi connectivity index (χ2v) is 5.80. The zero-order chi connectivity index (χ0) is 12.1. The molecule has 1 saturated carbocycles. The number of nitrogens with zero attached hydrogens (tertiary/aromatic N) is 2. The second-order valence-electron chi connectivity index (χ2n) is 5.80. The quantitative estimate of drug-likeness (QED) is 0.710. The number of rotatable bonds is 6. The molecule has 0 aromatic carbocycles. The van der Waals surface area contributed by atoms with Crippen molar-refractivity contribution in [2.45, 2.75) is 51.1 Å². The Kier molecular flexibility index (Phi) is 5.26. The van der Waals surface area contributed by atoms with E-state index in [0.29, 0.717) is 0 Å². The highest BCUT2D eigenvalue weighted by Crippen LogP contribution is 2.18. The smallest absolute Gasteiger partial charge is 0.0220 e. The summed E-state index contributed by atoms with van der Waals surface area (Å²) in [7, 11) is 2.26. The van der Waals surface area contributed by atoms with Crippen molar-refractivity contribution in [2.24, 2.45) is 0 Å². The van der Waals surface area contributed by atoms with Gasteiger partial charge >= 0.3 is 0 Å². The zero-order valence-corrected chi connectivity index (χ0v) is 11.6. The van der Waals surface area contributed by atoms with Crippen molar-refractivity contribution in [1.29, 1.82) is 0 Å². The molecule has 0 aromatic rings. The van der Waals surface area contributed by atoms with Crippen LogP contribution in [0.15, 0.2) is 0 Å². The summed E-state index contributed by atoms with van der Waals surface area (Å²) in [5, 5.41) is 3.62. The molecule has 0 amide bonds. The van der Waals surface area contributed by atoms with Crippen molar-refractivity contribution >= 4 is 0 Å². The SMILES string of the molecule is CCC1CN(C)CCCN1CCCNC1CC1. The molecule has 17 heavy (non-hydrogen) atoms. The zero-order valence-electron chi connectivity index (χ0n) is 11.6. The monoisotopic (exact) mass is 239 g/mol. The van der Waals surface area contributed by atoms with E-state index in [1.54, 1.807) is 0 Å². The van der Waals surface area contributed by atoms with Crippen LogP contribution < -0.4 is 5.32 Å². The van der Waals surface area contributed by atoms with Crippen LogP contribution in [0.2, 0.25) is 0 Å². The first-order valence-electron chi connectivity index (χ1n) is 7.45. The molecule has 3 heteroatoms. The lowest BCUT2D eigenvalue weighted by atomic mass is 10.1. The minimum absolute atomic E-state index is 0.781. The number of hydrogen-bond acceptors (Lipinski definition) is 3. The molecule has 1 N–H and O–H groups in total. The standard InChI is InChI=1S/C14H29N3/c1-3-14-12-16(2)9-5-11-17(14)10-4-8-15-13-6-7-13/h13-15H,3-12H2,1-2H3.